The number of carbonyl (C=O) groups excluding carboxylic acids is 1. The molecule has 6 nitrogen and oxygen atoms in total. The monoisotopic (exact) mass is 477 g/mol. The molecule has 32 heavy (non-hydrogen) atoms. The first kappa shape index (κ1) is 24.1. The van der Waals surface area contributed by atoms with Crippen LogP contribution in [0.5, 0.6) is 0 Å². The second kappa shape index (κ2) is 9.12. The summed E-state index contributed by atoms with van der Waals surface area (Å²) >= 11 is 0. The number of carbonyl (C=O) groups is 1. The molecule has 1 atom stereocenters. The smallest absolute Gasteiger partial charge is 0.325 e. The quantitative estimate of drug-likeness (QED) is 0.671. The minimum absolute atomic E-state index is 0.0339. The molecule has 1 heterocycles. The highest BCUT2D eigenvalue weighted by molar-refractivity contribution is 7.89. The van der Waals surface area contributed by atoms with Crippen molar-refractivity contribution in [3.8, 4) is 0 Å². The maximum atomic E-state index is 13.3. The summed E-state index contributed by atoms with van der Waals surface area (Å²) in [5.74, 6) is -2.62. The van der Waals surface area contributed by atoms with Crippen molar-refractivity contribution in [3.05, 3.63) is 59.7 Å². The summed E-state index contributed by atoms with van der Waals surface area (Å²) in [4.78, 5) is 13.9. The molecule has 1 aliphatic heterocycles. The average molecular weight is 477 g/mol. The fourth-order valence-electron chi connectivity index (χ4n) is 3.28. The molecule has 1 amide bonds. The predicted molar refractivity (Wildman–Crippen MR) is 106 cm³/mol. The molecule has 1 saturated heterocycles. The number of rotatable bonds is 5. The Morgan fingerprint density at radius 2 is 1.56 bits per heavy atom. The number of piperazine rings is 1. The molecular formula is C20H20F5N3O3S. The molecule has 0 bridgehead atoms. The van der Waals surface area contributed by atoms with E-state index in [1.807, 2.05) is 0 Å². The molecule has 1 N–H and O–H groups in total. The molecule has 2 aromatic carbocycles. The Kier molecular flexibility index (Phi) is 6.86. The molecule has 12 heteroatoms. The Morgan fingerprint density at radius 1 is 0.969 bits per heavy atom. The highest BCUT2D eigenvalue weighted by Crippen LogP contribution is 2.30. The third-order valence-corrected chi connectivity index (χ3v) is 7.12. The van der Waals surface area contributed by atoms with Gasteiger partial charge in [0.1, 0.15) is 0 Å². The van der Waals surface area contributed by atoms with E-state index in [-0.39, 0.29) is 36.8 Å². The van der Waals surface area contributed by atoms with Crippen LogP contribution in [0.4, 0.5) is 27.6 Å². The van der Waals surface area contributed by atoms with Crippen LogP contribution in [0.25, 0.3) is 0 Å². The number of nitrogens with zero attached hydrogens (tertiary/aromatic N) is 2. The van der Waals surface area contributed by atoms with Crippen LogP contribution in [0.2, 0.25) is 0 Å². The zero-order chi connectivity index (χ0) is 23.7. The van der Waals surface area contributed by atoms with Crippen molar-refractivity contribution >= 4 is 21.6 Å². The van der Waals surface area contributed by atoms with Gasteiger partial charge in [-0.15, -0.1) is 0 Å². The third-order valence-electron chi connectivity index (χ3n) is 5.21. The molecule has 0 aliphatic carbocycles. The minimum Gasteiger partial charge on any atom is -0.325 e. The highest BCUT2D eigenvalue weighted by Gasteiger charge is 2.34. The van der Waals surface area contributed by atoms with E-state index in [4.69, 9.17) is 0 Å². The fourth-order valence-corrected chi connectivity index (χ4v) is 4.70. The summed E-state index contributed by atoms with van der Waals surface area (Å²) in [5, 5.41) is 2.48. The number of nitrogens with one attached hydrogen (secondary N) is 1. The molecule has 174 valence electrons. The van der Waals surface area contributed by atoms with Crippen molar-refractivity contribution in [2.45, 2.75) is 24.0 Å². The SMILES string of the molecule is C[C@@H](C(=O)Nc1ccc(F)c(F)c1)N1CCN(S(=O)(=O)c2ccc(C(F)(F)F)cc2)CC1. The topological polar surface area (TPSA) is 69.7 Å². The highest BCUT2D eigenvalue weighted by atomic mass is 32.2. The van der Waals surface area contributed by atoms with Gasteiger partial charge in [0.15, 0.2) is 11.6 Å². The number of hydrogen-bond acceptors (Lipinski definition) is 4. The number of alkyl halides is 3. The van der Waals surface area contributed by atoms with E-state index in [0.717, 1.165) is 28.6 Å². The Labute approximate surface area is 181 Å². The summed E-state index contributed by atoms with van der Waals surface area (Å²) in [6.45, 7) is 2.06. The zero-order valence-corrected chi connectivity index (χ0v) is 17.7. The van der Waals surface area contributed by atoms with Gasteiger partial charge in [0.05, 0.1) is 16.5 Å². The molecule has 0 spiro atoms. The molecule has 0 unspecified atom stereocenters. The van der Waals surface area contributed by atoms with Gasteiger partial charge in [0, 0.05) is 37.9 Å². The Balaban J connectivity index is 1.60. The van der Waals surface area contributed by atoms with Crippen molar-refractivity contribution in [2.75, 3.05) is 31.5 Å². The second-order valence-electron chi connectivity index (χ2n) is 7.26. The Bertz CT molecular complexity index is 1080. The van der Waals surface area contributed by atoms with Crippen LogP contribution in [-0.4, -0.2) is 55.8 Å². The lowest BCUT2D eigenvalue weighted by atomic mass is 10.2. The van der Waals surface area contributed by atoms with Gasteiger partial charge in [0.2, 0.25) is 15.9 Å². The van der Waals surface area contributed by atoms with E-state index in [2.05, 4.69) is 5.32 Å². The van der Waals surface area contributed by atoms with Gasteiger partial charge in [-0.1, -0.05) is 0 Å². The van der Waals surface area contributed by atoms with Crippen molar-refractivity contribution in [1.82, 2.24) is 9.21 Å². The molecule has 2 aromatic rings. The van der Waals surface area contributed by atoms with Gasteiger partial charge in [-0.2, -0.15) is 17.5 Å². The number of sulfonamides is 1. The third kappa shape index (κ3) is 5.25. The van der Waals surface area contributed by atoms with Crippen molar-refractivity contribution in [2.24, 2.45) is 0 Å². The summed E-state index contributed by atoms with van der Waals surface area (Å²) < 4.78 is 91.0. The first-order valence-electron chi connectivity index (χ1n) is 9.57. The van der Waals surface area contributed by atoms with Crippen LogP contribution in [0.15, 0.2) is 47.4 Å². The average Bonchev–Trinajstić information content (AvgIpc) is 2.75. The van der Waals surface area contributed by atoms with Crippen LogP contribution in [0, 0.1) is 11.6 Å². The summed E-state index contributed by atoms with van der Waals surface area (Å²) in [5.41, 5.74) is -0.855. The van der Waals surface area contributed by atoms with Crippen LogP contribution < -0.4 is 5.32 Å². The van der Waals surface area contributed by atoms with Crippen molar-refractivity contribution in [3.63, 3.8) is 0 Å². The first-order chi connectivity index (χ1) is 14.9. The van der Waals surface area contributed by atoms with E-state index in [0.29, 0.717) is 12.1 Å². The summed E-state index contributed by atoms with van der Waals surface area (Å²) in [7, 11) is -3.99. The second-order valence-corrected chi connectivity index (χ2v) is 9.19. The first-order valence-corrected chi connectivity index (χ1v) is 11.0. The van der Waals surface area contributed by atoms with Crippen molar-refractivity contribution in [1.29, 1.82) is 0 Å². The van der Waals surface area contributed by atoms with E-state index in [1.165, 1.54) is 6.07 Å². The molecular weight excluding hydrogens is 457 g/mol. The summed E-state index contributed by atoms with van der Waals surface area (Å²) in [6.07, 6.45) is -4.57. The van der Waals surface area contributed by atoms with Gasteiger partial charge >= 0.3 is 6.18 Å². The van der Waals surface area contributed by atoms with E-state index in [1.54, 1.807) is 11.8 Å². The number of anilines is 1. The van der Waals surface area contributed by atoms with Crippen LogP contribution in [-0.2, 0) is 21.0 Å². The van der Waals surface area contributed by atoms with Gasteiger partial charge in [-0.05, 0) is 43.3 Å². The van der Waals surface area contributed by atoms with Crippen LogP contribution in [0.1, 0.15) is 12.5 Å². The fraction of sp³-hybridized carbons (Fsp3) is 0.350. The van der Waals surface area contributed by atoms with Gasteiger partial charge < -0.3 is 5.32 Å². The lowest BCUT2D eigenvalue weighted by Gasteiger charge is -2.36. The lowest BCUT2D eigenvalue weighted by molar-refractivity contribution is -0.137. The van der Waals surface area contributed by atoms with E-state index < -0.39 is 45.3 Å². The Morgan fingerprint density at radius 3 is 2.09 bits per heavy atom. The van der Waals surface area contributed by atoms with E-state index in [9.17, 15) is 35.2 Å². The largest absolute Gasteiger partial charge is 0.416 e. The number of halogens is 5. The molecule has 3 rings (SSSR count). The normalized spacial score (nSPS) is 17.2. The van der Waals surface area contributed by atoms with Crippen LogP contribution >= 0.6 is 0 Å². The zero-order valence-electron chi connectivity index (χ0n) is 16.9. The van der Waals surface area contributed by atoms with E-state index >= 15 is 0 Å². The Hall–Kier alpha value is -2.57. The standard InChI is InChI=1S/C20H20F5N3O3S/c1-13(19(29)26-15-4-7-17(21)18(22)12-15)27-8-10-28(11-9-27)32(30,31)16-5-2-14(3-6-16)20(23,24)25/h2-7,12-13H,8-11H2,1H3,(H,26,29)/t13-/m0/s1. The molecule has 1 aliphatic rings. The van der Waals surface area contributed by atoms with Gasteiger partial charge in [-0.25, -0.2) is 17.2 Å². The molecule has 0 radical (unpaired) electrons. The molecule has 0 aromatic heterocycles. The predicted octanol–water partition coefficient (Wildman–Crippen LogP) is 3.32. The van der Waals surface area contributed by atoms with Gasteiger partial charge in [0.25, 0.3) is 0 Å². The lowest BCUT2D eigenvalue weighted by Crippen LogP contribution is -2.53. The maximum Gasteiger partial charge on any atom is 0.416 e. The van der Waals surface area contributed by atoms with Crippen molar-refractivity contribution < 1.29 is 35.2 Å². The minimum atomic E-state index is -4.57. The van der Waals surface area contributed by atoms with Gasteiger partial charge in [-0.3, -0.25) is 9.69 Å². The van der Waals surface area contributed by atoms with Crippen LogP contribution in [0.3, 0.4) is 0 Å². The molecule has 0 saturated carbocycles. The molecule has 1 fully saturated rings. The number of hydrogen-bond donors (Lipinski definition) is 1. The number of amides is 1. The summed E-state index contributed by atoms with van der Waals surface area (Å²) in [6, 6.07) is 5.55. The maximum absolute atomic E-state index is 13.3. The number of benzene rings is 2.